The Morgan fingerprint density at radius 2 is 1.83 bits per heavy atom. The predicted molar refractivity (Wildman–Crippen MR) is 108 cm³/mol. The number of halogens is 1. The highest BCUT2D eigenvalue weighted by Crippen LogP contribution is 2.33. The van der Waals surface area contributed by atoms with Crippen LogP contribution in [0.5, 0.6) is 5.75 Å². The zero-order chi connectivity index (χ0) is 21.9. The first-order valence-electron chi connectivity index (χ1n) is 8.93. The third-order valence-electron chi connectivity index (χ3n) is 4.28. The van der Waals surface area contributed by atoms with E-state index in [-0.39, 0.29) is 23.8 Å². The number of sulfonamides is 1. The standard InChI is InChI=1S/C20H20FN3O5S/c1-3-29-19(25)12-24-11-16(14-6-9-18(28-2)17(21)10-14)20(23-24)13-4-7-15(8-5-13)30(22,26)27/h4-11H,3,12H2,1-2H3,(H2,22,26,27). The van der Waals surface area contributed by atoms with E-state index in [2.05, 4.69) is 5.10 Å². The summed E-state index contributed by atoms with van der Waals surface area (Å²) in [6.45, 7) is 1.80. The lowest BCUT2D eigenvalue weighted by atomic mass is 10.0. The van der Waals surface area contributed by atoms with Gasteiger partial charge in [0, 0.05) is 17.3 Å². The minimum absolute atomic E-state index is 0.0470. The first kappa shape index (κ1) is 21.5. The number of nitrogens with two attached hydrogens (primary N) is 1. The maximum atomic E-state index is 14.3. The topological polar surface area (TPSA) is 114 Å². The Morgan fingerprint density at radius 1 is 1.17 bits per heavy atom. The molecule has 0 spiro atoms. The highest BCUT2D eigenvalue weighted by atomic mass is 32.2. The molecule has 3 aromatic rings. The van der Waals surface area contributed by atoms with Crippen LogP contribution in [-0.2, 0) is 26.1 Å². The number of rotatable bonds is 7. The number of aromatic nitrogens is 2. The van der Waals surface area contributed by atoms with Crippen LogP contribution >= 0.6 is 0 Å². The van der Waals surface area contributed by atoms with E-state index in [0.717, 1.165) is 0 Å². The molecule has 8 nitrogen and oxygen atoms in total. The van der Waals surface area contributed by atoms with Crippen LogP contribution in [-0.4, -0.2) is 37.9 Å². The Hall–Kier alpha value is -3.24. The van der Waals surface area contributed by atoms with E-state index in [0.29, 0.717) is 22.4 Å². The number of primary sulfonamides is 1. The molecule has 158 valence electrons. The van der Waals surface area contributed by atoms with Crippen molar-refractivity contribution in [3.05, 3.63) is 54.5 Å². The molecule has 0 amide bonds. The van der Waals surface area contributed by atoms with E-state index >= 15 is 0 Å². The van der Waals surface area contributed by atoms with Gasteiger partial charge in [-0.2, -0.15) is 5.10 Å². The zero-order valence-electron chi connectivity index (χ0n) is 16.3. The van der Waals surface area contributed by atoms with Gasteiger partial charge in [-0.05, 0) is 36.8 Å². The molecule has 0 saturated carbocycles. The van der Waals surface area contributed by atoms with Gasteiger partial charge in [-0.25, -0.2) is 17.9 Å². The summed E-state index contributed by atoms with van der Waals surface area (Å²) < 4.78 is 48.6. The Bertz CT molecular complexity index is 1170. The van der Waals surface area contributed by atoms with Crippen molar-refractivity contribution in [2.75, 3.05) is 13.7 Å². The fourth-order valence-corrected chi connectivity index (χ4v) is 3.42. The van der Waals surface area contributed by atoms with Crippen molar-refractivity contribution in [1.29, 1.82) is 0 Å². The number of methoxy groups -OCH3 is 1. The van der Waals surface area contributed by atoms with Crippen LogP contribution in [0.25, 0.3) is 22.4 Å². The summed E-state index contributed by atoms with van der Waals surface area (Å²) in [4.78, 5) is 11.8. The number of benzene rings is 2. The molecular weight excluding hydrogens is 413 g/mol. The van der Waals surface area contributed by atoms with Crippen molar-refractivity contribution in [3.8, 4) is 28.1 Å². The number of ether oxygens (including phenoxy) is 2. The van der Waals surface area contributed by atoms with Gasteiger partial charge in [0.15, 0.2) is 11.6 Å². The summed E-state index contributed by atoms with van der Waals surface area (Å²) in [6, 6.07) is 10.2. The molecule has 1 aromatic heterocycles. The van der Waals surface area contributed by atoms with Gasteiger partial charge < -0.3 is 9.47 Å². The lowest BCUT2D eigenvalue weighted by Gasteiger charge is -2.06. The molecule has 30 heavy (non-hydrogen) atoms. The van der Waals surface area contributed by atoms with Crippen molar-refractivity contribution in [2.45, 2.75) is 18.4 Å². The van der Waals surface area contributed by atoms with E-state index in [1.807, 2.05) is 0 Å². The monoisotopic (exact) mass is 433 g/mol. The molecule has 1 heterocycles. The Morgan fingerprint density at radius 3 is 2.40 bits per heavy atom. The van der Waals surface area contributed by atoms with Gasteiger partial charge in [0.25, 0.3) is 0 Å². The van der Waals surface area contributed by atoms with E-state index in [1.54, 1.807) is 31.3 Å². The summed E-state index contributed by atoms with van der Waals surface area (Å²) in [5.41, 5.74) is 2.05. The van der Waals surface area contributed by atoms with Crippen molar-refractivity contribution < 1.29 is 27.1 Å². The number of carbonyl (C=O) groups excluding carboxylic acids is 1. The molecule has 2 aromatic carbocycles. The van der Waals surface area contributed by atoms with Gasteiger partial charge in [-0.15, -0.1) is 0 Å². The summed E-state index contributed by atoms with van der Waals surface area (Å²) in [7, 11) is -2.48. The van der Waals surface area contributed by atoms with Crippen LogP contribution < -0.4 is 9.88 Å². The van der Waals surface area contributed by atoms with Gasteiger partial charge in [-0.3, -0.25) is 9.48 Å². The van der Waals surface area contributed by atoms with E-state index < -0.39 is 21.8 Å². The average Bonchev–Trinajstić information content (AvgIpc) is 3.11. The molecule has 0 unspecified atom stereocenters. The molecule has 0 aliphatic carbocycles. The SMILES string of the molecule is CCOC(=O)Cn1cc(-c2ccc(OC)c(F)c2)c(-c2ccc(S(N)(=O)=O)cc2)n1. The van der Waals surface area contributed by atoms with Gasteiger partial charge in [0.05, 0.1) is 18.6 Å². The third kappa shape index (κ3) is 4.66. The molecule has 3 rings (SSSR count). The summed E-state index contributed by atoms with van der Waals surface area (Å²) in [5.74, 6) is -0.927. The smallest absolute Gasteiger partial charge is 0.327 e. The molecule has 0 aliphatic heterocycles. The van der Waals surface area contributed by atoms with E-state index in [1.165, 1.54) is 36.1 Å². The predicted octanol–water partition coefficient (Wildman–Crippen LogP) is 2.58. The van der Waals surface area contributed by atoms with E-state index in [9.17, 15) is 17.6 Å². The molecule has 2 N–H and O–H groups in total. The largest absolute Gasteiger partial charge is 0.494 e. The van der Waals surface area contributed by atoms with Crippen LogP contribution in [0.4, 0.5) is 4.39 Å². The van der Waals surface area contributed by atoms with Crippen LogP contribution in [0.2, 0.25) is 0 Å². The Labute approximate surface area is 173 Å². The third-order valence-corrected chi connectivity index (χ3v) is 5.21. The average molecular weight is 433 g/mol. The van der Waals surface area contributed by atoms with Gasteiger partial charge in [0.1, 0.15) is 12.2 Å². The van der Waals surface area contributed by atoms with E-state index in [4.69, 9.17) is 14.6 Å². The fraction of sp³-hybridized carbons (Fsp3) is 0.200. The molecule has 0 fully saturated rings. The Balaban J connectivity index is 2.09. The fourth-order valence-electron chi connectivity index (χ4n) is 2.90. The van der Waals surface area contributed by atoms with Gasteiger partial charge in [-0.1, -0.05) is 18.2 Å². The first-order valence-corrected chi connectivity index (χ1v) is 10.5. The highest BCUT2D eigenvalue weighted by molar-refractivity contribution is 7.89. The second-order valence-electron chi connectivity index (χ2n) is 6.31. The van der Waals surface area contributed by atoms with Crippen molar-refractivity contribution in [1.82, 2.24) is 9.78 Å². The summed E-state index contributed by atoms with van der Waals surface area (Å²) >= 11 is 0. The number of hydrogen-bond acceptors (Lipinski definition) is 6. The number of hydrogen-bond donors (Lipinski definition) is 1. The van der Waals surface area contributed by atoms with Gasteiger partial charge >= 0.3 is 5.97 Å². The normalized spacial score (nSPS) is 11.3. The first-order chi connectivity index (χ1) is 14.2. The minimum Gasteiger partial charge on any atom is -0.494 e. The molecule has 0 saturated heterocycles. The maximum absolute atomic E-state index is 14.3. The maximum Gasteiger partial charge on any atom is 0.327 e. The quantitative estimate of drug-likeness (QED) is 0.573. The molecule has 0 radical (unpaired) electrons. The van der Waals surface area contributed by atoms with Crippen LogP contribution in [0.1, 0.15) is 6.92 Å². The molecule has 0 aliphatic rings. The van der Waals surface area contributed by atoms with Crippen LogP contribution in [0.15, 0.2) is 53.6 Å². The summed E-state index contributed by atoms with van der Waals surface area (Å²) in [6.07, 6.45) is 1.60. The highest BCUT2D eigenvalue weighted by Gasteiger charge is 2.17. The van der Waals surface area contributed by atoms with Crippen molar-refractivity contribution in [3.63, 3.8) is 0 Å². The van der Waals surface area contributed by atoms with Crippen LogP contribution in [0, 0.1) is 5.82 Å². The van der Waals surface area contributed by atoms with Gasteiger partial charge in [0.2, 0.25) is 10.0 Å². The number of carbonyl (C=O) groups is 1. The second-order valence-corrected chi connectivity index (χ2v) is 7.87. The molecule has 0 atom stereocenters. The number of nitrogens with zero attached hydrogens (tertiary/aromatic N) is 2. The lowest BCUT2D eigenvalue weighted by molar-refractivity contribution is -0.144. The number of esters is 1. The summed E-state index contributed by atoms with van der Waals surface area (Å²) in [5, 5.41) is 9.57. The minimum atomic E-state index is -3.84. The van der Waals surface area contributed by atoms with Crippen LogP contribution in [0.3, 0.4) is 0 Å². The molecular formula is C20H20FN3O5S. The zero-order valence-corrected chi connectivity index (χ0v) is 17.1. The molecule has 0 bridgehead atoms. The second kappa shape index (κ2) is 8.64. The molecule has 10 heteroatoms. The Kier molecular flexibility index (Phi) is 6.18. The van der Waals surface area contributed by atoms with Crippen molar-refractivity contribution in [2.24, 2.45) is 5.14 Å². The van der Waals surface area contributed by atoms with Crippen molar-refractivity contribution >= 4 is 16.0 Å². The lowest BCUT2D eigenvalue weighted by Crippen LogP contribution is -2.13.